The second-order valence-electron chi connectivity index (χ2n) is 10.3. The van der Waals surface area contributed by atoms with Crippen LogP contribution in [-0.2, 0) is 51.2 Å². The molecule has 0 radical (unpaired) electrons. The van der Waals surface area contributed by atoms with Crippen LogP contribution in [0, 0.1) is 6.92 Å². The Morgan fingerprint density at radius 1 is 0.889 bits per heavy atom. The molecule has 7 rings (SSSR count). The average molecular weight is 706 g/mol. The zero-order chi connectivity index (χ0) is 31.8. The second kappa shape index (κ2) is 11.4. The number of rotatable bonds is 2. The third kappa shape index (κ3) is 5.63. The molecule has 10 atom stereocenters. The highest BCUT2D eigenvalue weighted by molar-refractivity contribution is 8.07. The molecule has 4 aromatic heterocycles. The number of aliphatic hydroxyl groups is 2. The van der Waals surface area contributed by atoms with E-state index in [0.29, 0.717) is 16.9 Å². The molecule has 0 amide bonds. The lowest BCUT2D eigenvalue weighted by molar-refractivity contribution is -0.0606. The molecule has 7 heterocycles. The maximum Gasteiger partial charge on any atom is 0.325 e. The number of nitrogens with one attached hydrogen (secondary N) is 1. The van der Waals surface area contributed by atoms with Crippen molar-refractivity contribution in [3.63, 3.8) is 0 Å². The van der Waals surface area contributed by atoms with E-state index < -0.39 is 81.3 Å². The molecule has 3 fully saturated rings. The summed E-state index contributed by atoms with van der Waals surface area (Å²) in [5.74, 6) is -0.204. The van der Waals surface area contributed by atoms with Gasteiger partial charge in [0.25, 0.3) is 5.56 Å². The summed E-state index contributed by atoms with van der Waals surface area (Å²) in [5, 5.41) is 22.5. The standard InChI is InChI=1S/C21H25N9O11P2S2/c1-7-10-16(24-4-23-7)29(5-25-10)20-15-12(31)8(38-20)2-36-42(34,44)40-14-9(3-37-43(35,45)41-15)39-19(13(14)32)30-6-26-11-17(30)27-21(22)28-18(11)33/h4-6,8-9,12-15,19-20,31-32H,2-3H2,1H3,(H,34,44)(H,35,45)(H3,22,27,28,33)/t8-,9-,12-,13-,14-,15-,19-,20-,42?,43?/m1/s1. The summed E-state index contributed by atoms with van der Waals surface area (Å²) in [4.78, 5) is 57.5. The van der Waals surface area contributed by atoms with Crippen molar-refractivity contribution in [1.82, 2.24) is 39.0 Å². The highest BCUT2D eigenvalue weighted by Gasteiger charge is 2.52. The largest absolute Gasteiger partial charge is 0.387 e. The zero-order valence-corrected chi connectivity index (χ0v) is 26.3. The molecule has 3 saturated heterocycles. The number of hydrogen-bond acceptors (Lipinski definition) is 17. The summed E-state index contributed by atoms with van der Waals surface area (Å²) in [5.41, 5.74) is 6.40. The van der Waals surface area contributed by atoms with Crippen molar-refractivity contribution in [2.75, 3.05) is 18.9 Å². The minimum Gasteiger partial charge on any atom is -0.387 e. The Labute approximate surface area is 261 Å². The Balaban J connectivity index is 1.21. The molecule has 0 aromatic carbocycles. The van der Waals surface area contributed by atoms with Crippen molar-refractivity contribution in [1.29, 1.82) is 0 Å². The fourth-order valence-electron chi connectivity index (χ4n) is 5.40. The molecule has 20 nitrogen and oxygen atoms in total. The number of imidazole rings is 2. The van der Waals surface area contributed by atoms with E-state index in [9.17, 15) is 24.8 Å². The number of aryl methyl sites for hydroxylation is 1. The molecule has 0 spiro atoms. The van der Waals surface area contributed by atoms with Crippen LogP contribution in [0.1, 0.15) is 18.1 Å². The van der Waals surface area contributed by atoms with Crippen molar-refractivity contribution in [3.8, 4) is 0 Å². The highest BCUT2D eigenvalue weighted by atomic mass is 32.5. The lowest BCUT2D eigenvalue weighted by Gasteiger charge is -2.28. The van der Waals surface area contributed by atoms with Gasteiger partial charge in [-0.3, -0.25) is 28.0 Å². The molecular weight excluding hydrogens is 680 g/mol. The Morgan fingerprint density at radius 2 is 1.51 bits per heavy atom. The van der Waals surface area contributed by atoms with Gasteiger partial charge in [-0.05, 0) is 30.5 Å². The third-order valence-corrected chi connectivity index (χ3v) is 10.6. The number of nitrogen functional groups attached to an aromatic ring is 1. The fraction of sp³-hybridized carbons (Fsp3) is 0.524. The normalized spacial score (nSPS) is 37.7. The van der Waals surface area contributed by atoms with Crippen molar-refractivity contribution in [3.05, 3.63) is 35.0 Å². The van der Waals surface area contributed by atoms with Crippen LogP contribution in [0.25, 0.3) is 22.3 Å². The summed E-state index contributed by atoms with van der Waals surface area (Å²) in [7, 11) is 0. The number of nitrogens with two attached hydrogens (primary N) is 1. The molecule has 7 N–H and O–H groups in total. The maximum atomic E-state index is 12.3. The second-order valence-corrected chi connectivity index (χ2v) is 15.9. The van der Waals surface area contributed by atoms with Crippen molar-refractivity contribution in [2.24, 2.45) is 0 Å². The van der Waals surface area contributed by atoms with Gasteiger partial charge in [0.1, 0.15) is 48.5 Å². The van der Waals surface area contributed by atoms with Crippen LogP contribution in [0.3, 0.4) is 0 Å². The summed E-state index contributed by atoms with van der Waals surface area (Å²) in [6.07, 6.45) is -6.67. The van der Waals surface area contributed by atoms with E-state index in [2.05, 4.69) is 29.9 Å². The number of ether oxygens (including phenoxy) is 2. The molecule has 242 valence electrons. The summed E-state index contributed by atoms with van der Waals surface area (Å²) in [6, 6.07) is 0. The highest BCUT2D eigenvalue weighted by Crippen LogP contribution is 2.54. The predicted octanol–water partition coefficient (Wildman–Crippen LogP) is -1.38. The van der Waals surface area contributed by atoms with Gasteiger partial charge in [0.05, 0.1) is 31.6 Å². The maximum absolute atomic E-state index is 12.3. The number of anilines is 1. The monoisotopic (exact) mass is 705 g/mol. The first-order valence-corrected chi connectivity index (χ1v) is 18.3. The molecule has 0 aliphatic carbocycles. The Kier molecular flexibility index (Phi) is 7.90. The molecule has 3 aliphatic heterocycles. The first-order valence-electron chi connectivity index (χ1n) is 13.2. The topological polar surface area (TPSA) is 269 Å². The van der Waals surface area contributed by atoms with Gasteiger partial charge in [0, 0.05) is 0 Å². The molecule has 3 aliphatic rings. The van der Waals surface area contributed by atoms with Gasteiger partial charge < -0.3 is 44.3 Å². The molecule has 45 heavy (non-hydrogen) atoms. The summed E-state index contributed by atoms with van der Waals surface area (Å²) >= 11 is 10.5. The lowest BCUT2D eigenvalue weighted by atomic mass is 10.1. The van der Waals surface area contributed by atoms with Gasteiger partial charge >= 0.3 is 13.4 Å². The van der Waals surface area contributed by atoms with Crippen molar-refractivity contribution in [2.45, 2.75) is 56.0 Å². The third-order valence-electron chi connectivity index (χ3n) is 7.48. The molecule has 24 heteroatoms. The first kappa shape index (κ1) is 31.2. The van der Waals surface area contributed by atoms with Crippen LogP contribution in [0.5, 0.6) is 0 Å². The molecule has 2 bridgehead atoms. The molecule has 4 aromatic rings. The van der Waals surface area contributed by atoms with Crippen molar-refractivity contribution < 1.29 is 47.6 Å². The van der Waals surface area contributed by atoms with E-state index in [-0.39, 0.29) is 17.1 Å². The van der Waals surface area contributed by atoms with E-state index in [1.165, 1.54) is 28.1 Å². The smallest absolute Gasteiger partial charge is 0.325 e. The van der Waals surface area contributed by atoms with Gasteiger partial charge in [-0.1, -0.05) is 0 Å². The number of aromatic nitrogens is 8. The number of aliphatic hydroxyl groups excluding tert-OH is 2. The van der Waals surface area contributed by atoms with Crippen LogP contribution in [0.2, 0.25) is 0 Å². The van der Waals surface area contributed by atoms with E-state index in [4.69, 9.17) is 56.9 Å². The van der Waals surface area contributed by atoms with Gasteiger partial charge in [-0.25, -0.2) is 19.9 Å². The SMILES string of the molecule is Cc1ncnc2c1ncn2[C@@H]1O[C@@H]2COP(O)(=S)O[C@H]3[C@@H](O)[C@H](n4cnc5c(=O)[nH]c(N)nc54)O[C@@H]3COP(O)(=S)O[C@@H]1[C@@H]2O. The van der Waals surface area contributed by atoms with Crippen LogP contribution in [-0.4, -0.2) is 109 Å². The van der Waals surface area contributed by atoms with Crippen LogP contribution >= 0.6 is 13.4 Å². The number of nitrogens with zero attached hydrogens (tertiary/aromatic N) is 7. The van der Waals surface area contributed by atoms with Crippen molar-refractivity contribution >= 4 is 65.3 Å². The van der Waals surface area contributed by atoms with Crippen LogP contribution in [0.15, 0.2) is 23.8 Å². The Morgan fingerprint density at radius 3 is 2.24 bits per heavy atom. The quantitative estimate of drug-likeness (QED) is 0.131. The average Bonchev–Trinajstić information content (AvgIpc) is 3.72. The Hall–Kier alpha value is -2.40. The van der Waals surface area contributed by atoms with Gasteiger partial charge in [-0.2, -0.15) is 4.98 Å². The summed E-state index contributed by atoms with van der Waals surface area (Å²) in [6.45, 7) is -7.64. The number of aromatic amines is 1. The predicted molar refractivity (Wildman–Crippen MR) is 157 cm³/mol. The first-order chi connectivity index (χ1) is 21.3. The van der Waals surface area contributed by atoms with Crippen LogP contribution < -0.4 is 11.3 Å². The van der Waals surface area contributed by atoms with E-state index in [1.807, 2.05) is 0 Å². The van der Waals surface area contributed by atoms with Crippen LogP contribution in [0.4, 0.5) is 5.95 Å². The number of fused-ring (bicyclic) bond motifs is 5. The van der Waals surface area contributed by atoms with E-state index in [0.717, 1.165) is 0 Å². The molecular formula is C21H25N9O11P2S2. The van der Waals surface area contributed by atoms with E-state index >= 15 is 0 Å². The summed E-state index contributed by atoms with van der Waals surface area (Å²) < 4.78 is 37.4. The molecule has 0 saturated carbocycles. The van der Waals surface area contributed by atoms with Gasteiger partial charge in [-0.15, -0.1) is 0 Å². The molecule has 2 unspecified atom stereocenters. The fourth-order valence-corrected chi connectivity index (χ4v) is 8.25. The van der Waals surface area contributed by atoms with Gasteiger partial charge in [0.15, 0.2) is 29.3 Å². The number of H-pyrrole nitrogens is 1. The number of hydrogen-bond donors (Lipinski definition) is 6. The van der Waals surface area contributed by atoms with E-state index in [1.54, 1.807) is 6.92 Å². The minimum absolute atomic E-state index is 0.00782. The Bertz CT molecular complexity index is 1940. The lowest BCUT2D eigenvalue weighted by Crippen LogP contribution is -2.36. The minimum atomic E-state index is -4.18. The van der Waals surface area contributed by atoms with Gasteiger partial charge in [0.2, 0.25) is 5.95 Å². The zero-order valence-electron chi connectivity index (χ0n) is 22.8.